The Hall–Kier alpha value is -1.49. The number of ether oxygens (including phenoxy) is 1. The molecule has 3 saturated carbocycles. The predicted molar refractivity (Wildman–Crippen MR) is 108 cm³/mol. The van der Waals surface area contributed by atoms with Crippen LogP contribution in [0, 0.1) is 28.6 Å². The number of rotatable bonds is 4. The first-order chi connectivity index (χ1) is 13.7. The van der Waals surface area contributed by atoms with Gasteiger partial charge in [0.15, 0.2) is 5.60 Å². The van der Waals surface area contributed by atoms with Crippen LogP contribution in [0.5, 0.6) is 0 Å². The summed E-state index contributed by atoms with van der Waals surface area (Å²) in [4.78, 5) is 37.3. The molecule has 4 aliphatic carbocycles. The smallest absolute Gasteiger partial charge is 0.306 e. The van der Waals surface area contributed by atoms with Crippen LogP contribution in [0.15, 0.2) is 11.6 Å². The van der Waals surface area contributed by atoms with E-state index in [1.807, 2.05) is 0 Å². The molecule has 1 unspecified atom stereocenters. The monoisotopic (exact) mass is 402 g/mol. The molecule has 1 N–H and O–H groups in total. The van der Waals surface area contributed by atoms with Gasteiger partial charge in [0.25, 0.3) is 0 Å². The molecule has 29 heavy (non-hydrogen) atoms. The summed E-state index contributed by atoms with van der Waals surface area (Å²) in [5, 5.41) is 9.72. The molecule has 0 bridgehead atoms. The minimum absolute atomic E-state index is 0.0739. The third kappa shape index (κ3) is 2.79. The summed E-state index contributed by atoms with van der Waals surface area (Å²) >= 11 is 0. The van der Waals surface area contributed by atoms with E-state index in [1.165, 1.54) is 5.57 Å². The molecular formula is C24H34O5. The largest absolute Gasteiger partial charge is 0.450 e. The van der Waals surface area contributed by atoms with Crippen molar-refractivity contribution in [2.24, 2.45) is 28.6 Å². The van der Waals surface area contributed by atoms with Crippen LogP contribution in [0.3, 0.4) is 0 Å². The van der Waals surface area contributed by atoms with Gasteiger partial charge in [-0.05, 0) is 61.7 Å². The van der Waals surface area contributed by atoms with E-state index in [0.29, 0.717) is 43.3 Å². The third-order valence-electron chi connectivity index (χ3n) is 9.13. The third-order valence-corrected chi connectivity index (χ3v) is 9.13. The standard InChI is InChI=1S/C24H34O5/c1-4-21(28)29-24(20(27)14-25)12-9-19-17-6-5-15-13-16(26)7-10-22(15,2)18(17)8-11-23(19,24)3/h8,15,17,19,25H,4-7,9-14H2,1-3H3/t15?,17-,19+,22+,23+,24+/m1/s1. The first kappa shape index (κ1) is 20.8. The molecule has 6 atom stereocenters. The Kier molecular flexibility index (Phi) is 5.04. The maximum absolute atomic E-state index is 12.9. The van der Waals surface area contributed by atoms with Gasteiger partial charge in [-0.3, -0.25) is 14.4 Å². The van der Waals surface area contributed by atoms with E-state index >= 15 is 0 Å². The van der Waals surface area contributed by atoms with Gasteiger partial charge in [-0.2, -0.15) is 0 Å². The van der Waals surface area contributed by atoms with Crippen molar-refractivity contribution in [3.63, 3.8) is 0 Å². The first-order valence-electron chi connectivity index (χ1n) is 11.3. The SMILES string of the molecule is CCC(=O)O[C@]1(C(=O)CO)CC[C@H]2[C@@H]3CCC4CC(=O)CC[C@]4(C)C3=CC[C@@]21C. The van der Waals surface area contributed by atoms with Crippen molar-refractivity contribution in [3.8, 4) is 0 Å². The number of aliphatic hydroxyl groups is 1. The predicted octanol–water partition coefficient (Wildman–Crippen LogP) is 3.77. The fraction of sp³-hybridized carbons (Fsp3) is 0.792. The highest BCUT2D eigenvalue weighted by Crippen LogP contribution is 2.67. The molecule has 0 radical (unpaired) electrons. The van der Waals surface area contributed by atoms with Gasteiger partial charge in [0.2, 0.25) is 5.78 Å². The molecule has 0 aromatic carbocycles. The second-order valence-electron chi connectivity index (χ2n) is 10.2. The quantitative estimate of drug-likeness (QED) is 0.572. The maximum Gasteiger partial charge on any atom is 0.306 e. The molecular weight excluding hydrogens is 368 g/mol. The summed E-state index contributed by atoms with van der Waals surface area (Å²) < 4.78 is 5.88. The van der Waals surface area contributed by atoms with Crippen LogP contribution >= 0.6 is 0 Å². The van der Waals surface area contributed by atoms with Gasteiger partial charge in [-0.25, -0.2) is 0 Å². The Labute approximate surface area is 173 Å². The number of ketones is 2. The normalized spacial score (nSPS) is 43.7. The van der Waals surface area contributed by atoms with Gasteiger partial charge >= 0.3 is 5.97 Å². The summed E-state index contributed by atoms with van der Waals surface area (Å²) in [5.41, 5.74) is -0.149. The van der Waals surface area contributed by atoms with Gasteiger partial charge < -0.3 is 9.84 Å². The molecule has 5 heteroatoms. The van der Waals surface area contributed by atoms with Crippen molar-refractivity contribution in [1.82, 2.24) is 0 Å². The van der Waals surface area contributed by atoms with E-state index < -0.39 is 17.6 Å². The minimum atomic E-state index is -1.22. The van der Waals surface area contributed by atoms with Crippen molar-refractivity contribution >= 4 is 17.5 Å². The van der Waals surface area contributed by atoms with Gasteiger partial charge in [0.1, 0.15) is 12.4 Å². The van der Waals surface area contributed by atoms with Gasteiger partial charge in [-0.1, -0.05) is 32.4 Å². The van der Waals surface area contributed by atoms with Gasteiger partial charge in [0, 0.05) is 24.7 Å². The lowest BCUT2D eigenvalue weighted by molar-refractivity contribution is -0.184. The number of allylic oxidation sites excluding steroid dienone is 2. The number of esters is 1. The Morgan fingerprint density at radius 3 is 2.66 bits per heavy atom. The summed E-state index contributed by atoms with van der Waals surface area (Å²) in [5.74, 6) is 0.731. The number of carbonyl (C=O) groups excluding carboxylic acids is 3. The summed E-state index contributed by atoms with van der Waals surface area (Å²) in [6.07, 6.45) is 8.92. The molecule has 0 amide bonds. The molecule has 0 heterocycles. The Bertz CT molecular complexity index is 769. The first-order valence-corrected chi connectivity index (χ1v) is 11.3. The Morgan fingerprint density at radius 2 is 1.97 bits per heavy atom. The van der Waals surface area contributed by atoms with Crippen LogP contribution < -0.4 is 0 Å². The number of hydrogen-bond donors (Lipinski definition) is 1. The van der Waals surface area contributed by atoms with E-state index in [2.05, 4.69) is 19.9 Å². The van der Waals surface area contributed by atoms with Crippen LogP contribution in [-0.2, 0) is 19.1 Å². The zero-order chi connectivity index (χ0) is 21.0. The number of fused-ring (bicyclic) bond motifs is 5. The molecule has 4 aliphatic rings. The second kappa shape index (κ2) is 7.04. The molecule has 0 aliphatic heterocycles. The summed E-state index contributed by atoms with van der Waals surface area (Å²) in [6.45, 7) is 5.57. The van der Waals surface area contributed by atoms with E-state index in [-0.39, 0.29) is 29.5 Å². The van der Waals surface area contributed by atoms with Gasteiger partial charge in [-0.15, -0.1) is 0 Å². The second-order valence-corrected chi connectivity index (χ2v) is 10.2. The molecule has 3 fully saturated rings. The highest BCUT2D eigenvalue weighted by Gasteiger charge is 2.67. The van der Waals surface area contributed by atoms with Crippen molar-refractivity contribution in [3.05, 3.63) is 11.6 Å². The highest BCUT2D eigenvalue weighted by atomic mass is 16.6. The lowest BCUT2D eigenvalue weighted by Crippen LogP contribution is -2.58. The average molecular weight is 403 g/mol. The molecule has 0 saturated heterocycles. The Balaban J connectivity index is 1.73. The fourth-order valence-corrected chi connectivity index (χ4v) is 7.39. The van der Waals surface area contributed by atoms with Crippen LogP contribution in [0.2, 0.25) is 0 Å². The van der Waals surface area contributed by atoms with Crippen molar-refractivity contribution in [1.29, 1.82) is 0 Å². The molecule has 4 rings (SSSR count). The summed E-state index contributed by atoms with van der Waals surface area (Å²) in [7, 11) is 0. The van der Waals surface area contributed by atoms with E-state index in [9.17, 15) is 19.5 Å². The van der Waals surface area contributed by atoms with E-state index in [1.54, 1.807) is 6.92 Å². The fourth-order valence-electron chi connectivity index (χ4n) is 7.39. The molecule has 0 aromatic heterocycles. The average Bonchev–Trinajstić information content (AvgIpc) is 3.01. The highest BCUT2D eigenvalue weighted by molar-refractivity contribution is 5.92. The van der Waals surface area contributed by atoms with E-state index in [4.69, 9.17) is 4.74 Å². The van der Waals surface area contributed by atoms with Crippen molar-refractivity contribution in [2.75, 3.05) is 6.61 Å². The van der Waals surface area contributed by atoms with Crippen molar-refractivity contribution in [2.45, 2.75) is 84.2 Å². The van der Waals surface area contributed by atoms with E-state index in [0.717, 1.165) is 25.7 Å². The zero-order valence-electron chi connectivity index (χ0n) is 18.0. The number of hydrogen-bond acceptors (Lipinski definition) is 5. The Morgan fingerprint density at radius 1 is 1.21 bits per heavy atom. The van der Waals surface area contributed by atoms with Crippen LogP contribution in [0.4, 0.5) is 0 Å². The van der Waals surface area contributed by atoms with Crippen LogP contribution in [0.25, 0.3) is 0 Å². The number of aliphatic hydroxyl groups excluding tert-OH is 1. The lowest BCUT2D eigenvalue weighted by atomic mass is 9.48. The number of Topliss-reactive ketones (excluding diaryl/α,β-unsaturated/α-hetero) is 2. The van der Waals surface area contributed by atoms with Crippen LogP contribution in [-0.4, -0.2) is 34.9 Å². The van der Waals surface area contributed by atoms with Gasteiger partial charge in [0.05, 0.1) is 0 Å². The van der Waals surface area contributed by atoms with Crippen LogP contribution in [0.1, 0.15) is 78.6 Å². The minimum Gasteiger partial charge on any atom is -0.450 e. The topological polar surface area (TPSA) is 80.7 Å². The molecule has 5 nitrogen and oxygen atoms in total. The lowest BCUT2D eigenvalue weighted by Gasteiger charge is -2.56. The molecule has 0 aromatic rings. The number of carbonyl (C=O) groups is 3. The molecule has 0 spiro atoms. The van der Waals surface area contributed by atoms with Crippen molar-refractivity contribution < 1.29 is 24.2 Å². The maximum atomic E-state index is 12.9. The molecule has 160 valence electrons. The summed E-state index contributed by atoms with van der Waals surface area (Å²) in [6, 6.07) is 0. The zero-order valence-corrected chi connectivity index (χ0v) is 18.0.